The fraction of sp³-hybridized carbons (Fsp3) is 0.714. The highest BCUT2D eigenvalue weighted by molar-refractivity contribution is 5.49. The van der Waals surface area contributed by atoms with Crippen LogP contribution in [0.25, 0.3) is 0 Å². The van der Waals surface area contributed by atoms with Crippen molar-refractivity contribution in [1.82, 2.24) is 9.97 Å². The van der Waals surface area contributed by atoms with Gasteiger partial charge in [0.25, 0.3) is 0 Å². The lowest BCUT2D eigenvalue weighted by Gasteiger charge is -2.24. The predicted molar refractivity (Wildman–Crippen MR) is 78.6 cm³/mol. The summed E-state index contributed by atoms with van der Waals surface area (Å²) < 4.78 is 38.6. The summed E-state index contributed by atoms with van der Waals surface area (Å²) in [5.41, 5.74) is 0. The minimum Gasteiger partial charge on any atom is -0.373 e. The summed E-state index contributed by atoms with van der Waals surface area (Å²) in [7, 11) is 1.55. The molecule has 0 atom stereocenters. The summed E-state index contributed by atoms with van der Waals surface area (Å²) in [4.78, 5) is 9.11. The van der Waals surface area contributed by atoms with Gasteiger partial charge < -0.3 is 10.2 Å². The van der Waals surface area contributed by atoms with Gasteiger partial charge in [0.15, 0.2) is 0 Å². The molecule has 0 aliphatic rings. The van der Waals surface area contributed by atoms with E-state index in [0.29, 0.717) is 18.9 Å². The molecule has 0 radical (unpaired) electrons. The molecular weight excluding hydrogens is 281 g/mol. The number of unbranched alkanes of at least 4 members (excludes halogenated alkanes) is 2. The standard InChI is InChI=1S/C14H23F3N4/c1-4-6-8-21(9-7-5-2)12-10-11(18-3)19-13(20-12)14(15,16)17/h10H,4-9H2,1-3H3,(H,18,19,20). The van der Waals surface area contributed by atoms with Gasteiger partial charge in [0.1, 0.15) is 11.6 Å². The second-order valence-electron chi connectivity index (χ2n) is 4.88. The number of aromatic nitrogens is 2. The minimum atomic E-state index is -4.54. The fourth-order valence-electron chi connectivity index (χ4n) is 1.89. The first-order valence-electron chi connectivity index (χ1n) is 7.31. The van der Waals surface area contributed by atoms with Crippen molar-refractivity contribution < 1.29 is 13.2 Å². The molecule has 0 spiro atoms. The normalized spacial score (nSPS) is 11.5. The Labute approximate surface area is 123 Å². The summed E-state index contributed by atoms with van der Waals surface area (Å²) >= 11 is 0. The maximum atomic E-state index is 12.9. The van der Waals surface area contributed by atoms with Gasteiger partial charge in [0.05, 0.1) is 0 Å². The number of anilines is 2. The zero-order valence-corrected chi connectivity index (χ0v) is 12.8. The van der Waals surface area contributed by atoms with Crippen LogP contribution in [0.15, 0.2) is 6.07 Å². The summed E-state index contributed by atoms with van der Waals surface area (Å²) in [6.07, 6.45) is -0.728. The lowest BCUT2D eigenvalue weighted by molar-refractivity contribution is -0.144. The van der Waals surface area contributed by atoms with Crippen molar-refractivity contribution in [1.29, 1.82) is 0 Å². The summed E-state index contributed by atoms with van der Waals surface area (Å²) in [6.45, 7) is 5.51. The highest BCUT2D eigenvalue weighted by atomic mass is 19.4. The maximum absolute atomic E-state index is 12.9. The molecule has 120 valence electrons. The molecule has 1 rings (SSSR count). The van der Waals surface area contributed by atoms with Crippen molar-refractivity contribution >= 4 is 11.6 Å². The van der Waals surface area contributed by atoms with Crippen LogP contribution in [0.4, 0.5) is 24.8 Å². The molecule has 21 heavy (non-hydrogen) atoms. The second-order valence-corrected chi connectivity index (χ2v) is 4.88. The molecule has 4 nitrogen and oxygen atoms in total. The van der Waals surface area contributed by atoms with Crippen LogP contribution in [0.1, 0.15) is 45.4 Å². The van der Waals surface area contributed by atoms with Crippen molar-refractivity contribution in [3.8, 4) is 0 Å². The third kappa shape index (κ3) is 5.40. The average molecular weight is 304 g/mol. The van der Waals surface area contributed by atoms with Gasteiger partial charge in [-0.25, -0.2) is 9.97 Å². The number of rotatable bonds is 8. The van der Waals surface area contributed by atoms with Crippen molar-refractivity contribution in [2.75, 3.05) is 30.4 Å². The van der Waals surface area contributed by atoms with Crippen LogP contribution in [0, 0.1) is 0 Å². The van der Waals surface area contributed by atoms with Crippen molar-refractivity contribution in [3.05, 3.63) is 11.9 Å². The Balaban J connectivity index is 3.09. The van der Waals surface area contributed by atoms with Gasteiger partial charge >= 0.3 is 6.18 Å². The molecule has 1 N–H and O–H groups in total. The molecule has 0 aliphatic heterocycles. The Kier molecular flexibility index (Phi) is 6.71. The first-order chi connectivity index (χ1) is 9.92. The van der Waals surface area contributed by atoms with Crippen LogP contribution in [0.5, 0.6) is 0 Å². The van der Waals surface area contributed by atoms with Gasteiger partial charge in [-0.2, -0.15) is 13.2 Å². The third-order valence-corrected chi connectivity index (χ3v) is 3.11. The van der Waals surface area contributed by atoms with Gasteiger partial charge in [-0.3, -0.25) is 0 Å². The van der Waals surface area contributed by atoms with Crippen molar-refractivity contribution in [2.45, 2.75) is 45.7 Å². The number of nitrogens with zero attached hydrogens (tertiary/aromatic N) is 3. The van der Waals surface area contributed by atoms with E-state index < -0.39 is 12.0 Å². The van der Waals surface area contributed by atoms with Gasteiger partial charge in [-0.05, 0) is 12.8 Å². The molecule has 0 saturated heterocycles. The second kappa shape index (κ2) is 8.05. The number of hydrogen-bond donors (Lipinski definition) is 1. The maximum Gasteiger partial charge on any atom is 0.451 e. The smallest absolute Gasteiger partial charge is 0.373 e. The zero-order valence-electron chi connectivity index (χ0n) is 12.8. The summed E-state index contributed by atoms with van der Waals surface area (Å²) in [5, 5.41) is 2.67. The molecule has 1 aromatic rings. The lowest BCUT2D eigenvalue weighted by atomic mass is 10.2. The van der Waals surface area contributed by atoms with Crippen LogP contribution in [0.2, 0.25) is 0 Å². The molecule has 0 bridgehead atoms. The van der Waals surface area contributed by atoms with Gasteiger partial charge in [0.2, 0.25) is 5.82 Å². The Bertz CT molecular complexity index is 427. The third-order valence-electron chi connectivity index (χ3n) is 3.11. The molecule has 0 aliphatic carbocycles. The van der Waals surface area contributed by atoms with E-state index in [9.17, 15) is 13.2 Å². The van der Waals surface area contributed by atoms with Gasteiger partial charge in [0, 0.05) is 26.2 Å². The number of halogens is 3. The molecular formula is C14H23F3N4. The zero-order chi connectivity index (χ0) is 15.9. The van der Waals surface area contributed by atoms with Crippen molar-refractivity contribution in [2.24, 2.45) is 0 Å². The molecule has 1 heterocycles. The highest BCUT2D eigenvalue weighted by Crippen LogP contribution is 2.29. The first-order valence-corrected chi connectivity index (χ1v) is 7.31. The van der Waals surface area contributed by atoms with Crippen LogP contribution in [0.3, 0.4) is 0 Å². The Morgan fingerprint density at radius 2 is 1.67 bits per heavy atom. The Morgan fingerprint density at radius 3 is 2.10 bits per heavy atom. The number of hydrogen-bond acceptors (Lipinski definition) is 4. The van der Waals surface area contributed by atoms with E-state index in [1.807, 2.05) is 4.90 Å². The Morgan fingerprint density at radius 1 is 1.10 bits per heavy atom. The van der Waals surface area contributed by atoms with Crippen LogP contribution in [-0.2, 0) is 6.18 Å². The Hall–Kier alpha value is -1.53. The van der Waals surface area contributed by atoms with E-state index in [1.165, 1.54) is 0 Å². The van der Waals surface area contributed by atoms with Crippen LogP contribution < -0.4 is 10.2 Å². The molecule has 0 amide bonds. The van der Waals surface area contributed by atoms with Crippen LogP contribution >= 0.6 is 0 Å². The van der Waals surface area contributed by atoms with E-state index in [2.05, 4.69) is 29.1 Å². The van der Waals surface area contributed by atoms with E-state index >= 15 is 0 Å². The average Bonchev–Trinajstić information content (AvgIpc) is 2.46. The number of alkyl halides is 3. The summed E-state index contributed by atoms with van der Waals surface area (Å²) in [6, 6.07) is 1.57. The highest BCUT2D eigenvalue weighted by Gasteiger charge is 2.35. The SMILES string of the molecule is CCCCN(CCCC)c1cc(NC)nc(C(F)(F)F)n1. The molecule has 0 aromatic carbocycles. The molecule has 0 fully saturated rings. The van der Waals surface area contributed by atoms with Gasteiger partial charge in [-0.1, -0.05) is 26.7 Å². The van der Waals surface area contributed by atoms with E-state index in [0.717, 1.165) is 25.7 Å². The predicted octanol–water partition coefficient (Wildman–Crippen LogP) is 3.94. The topological polar surface area (TPSA) is 41.0 Å². The fourth-order valence-corrected chi connectivity index (χ4v) is 1.89. The quantitative estimate of drug-likeness (QED) is 0.789. The van der Waals surface area contributed by atoms with E-state index in [4.69, 9.17) is 0 Å². The minimum absolute atomic E-state index is 0.185. The molecule has 0 saturated carbocycles. The molecule has 7 heteroatoms. The van der Waals surface area contributed by atoms with Crippen LogP contribution in [-0.4, -0.2) is 30.1 Å². The van der Waals surface area contributed by atoms with Crippen molar-refractivity contribution in [3.63, 3.8) is 0 Å². The van der Waals surface area contributed by atoms with E-state index in [1.54, 1.807) is 13.1 Å². The first kappa shape index (κ1) is 17.5. The lowest BCUT2D eigenvalue weighted by Crippen LogP contribution is -2.28. The molecule has 0 unspecified atom stereocenters. The molecule has 1 aromatic heterocycles. The largest absolute Gasteiger partial charge is 0.451 e. The summed E-state index contributed by atoms with van der Waals surface area (Å²) in [5.74, 6) is -0.573. The van der Waals surface area contributed by atoms with E-state index in [-0.39, 0.29) is 5.82 Å². The van der Waals surface area contributed by atoms with Gasteiger partial charge in [-0.15, -0.1) is 0 Å². The monoisotopic (exact) mass is 304 g/mol. The number of nitrogens with one attached hydrogen (secondary N) is 1.